The average molecular weight is 560 g/mol. The molecule has 1 amide bonds. The lowest BCUT2D eigenvalue weighted by Gasteiger charge is -2.48. The predicted octanol–water partition coefficient (Wildman–Crippen LogP) is 5.01. The number of benzene rings is 2. The third kappa shape index (κ3) is 7.16. The Kier molecular flexibility index (Phi) is 10.6. The number of carbonyl (C=O) groups is 2. The van der Waals surface area contributed by atoms with Gasteiger partial charge in [-0.1, -0.05) is 66.0 Å². The molecule has 2 aromatic rings. The summed E-state index contributed by atoms with van der Waals surface area (Å²) in [6.07, 6.45) is 6.23. The normalized spacial score (nSPS) is 19.1. The Morgan fingerprint density at radius 3 is 2.32 bits per heavy atom. The van der Waals surface area contributed by atoms with E-state index in [-0.39, 0.29) is 29.7 Å². The number of halogens is 2. The highest BCUT2D eigenvalue weighted by Crippen LogP contribution is 2.33. The number of likely N-dealkylation sites (tertiary alicyclic amines) is 2. The fraction of sp³-hybridized carbons (Fsp3) is 0.533. The molecule has 4 rings (SSSR count). The summed E-state index contributed by atoms with van der Waals surface area (Å²) < 4.78 is 0. The lowest BCUT2D eigenvalue weighted by Crippen LogP contribution is -2.63. The quantitative estimate of drug-likeness (QED) is 0.379. The number of likely N-dealkylation sites (N-methyl/N-ethyl adjacent to an activating group) is 1. The second-order valence-electron chi connectivity index (χ2n) is 10.6. The van der Waals surface area contributed by atoms with E-state index in [1.165, 1.54) is 19.3 Å². The zero-order chi connectivity index (χ0) is 27.0. The highest BCUT2D eigenvalue weighted by molar-refractivity contribution is 6.42. The molecule has 0 aromatic heterocycles. The van der Waals surface area contributed by atoms with Gasteiger partial charge in [0, 0.05) is 32.2 Å². The van der Waals surface area contributed by atoms with Crippen molar-refractivity contribution < 1.29 is 9.59 Å². The van der Waals surface area contributed by atoms with Crippen LogP contribution >= 0.6 is 23.2 Å². The van der Waals surface area contributed by atoms with Gasteiger partial charge in [0.2, 0.25) is 5.91 Å². The van der Waals surface area contributed by atoms with E-state index < -0.39 is 0 Å². The summed E-state index contributed by atoms with van der Waals surface area (Å²) in [6.45, 7) is 5.70. The number of rotatable bonds is 11. The maximum atomic E-state index is 13.1. The molecule has 2 saturated heterocycles. The Balaban J connectivity index is 1.37. The van der Waals surface area contributed by atoms with E-state index >= 15 is 0 Å². The van der Waals surface area contributed by atoms with Crippen LogP contribution < -0.4 is 10.6 Å². The van der Waals surface area contributed by atoms with Gasteiger partial charge < -0.3 is 15.5 Å². The van der Waals surface area contributed by atoms with Gasteiger partial charge in [0.15, 0.2) is 5.78 Å². The van der Waals surface area contributed by atoms with Crippen molar-refractivity contribution in [3.63, 3.8) is 0 Å². The van der Waals surface area contributed by atoms with Crippen molar-refractivity contribution in [2.75, 3.05) is 52.9 Å². The van der Waals surface area contributed by atoms with Crippen molar-refractivity contribution in [2.24, 2.45) is 0 Å². The van der Waals surface area contributed by atoms with Gasteiger partial charge in [0.25, 0.3) is 0 Å². The van der Waals surface area contributed by atoms with Crippen LogP contribution in [-0.2, 0) is 4.79 Å². The number of amides is 1. The smallest absolute Gasteiger partial charge is 0.240 e. The molecule has 0 saturated carbocycles. The van der Waals surface area contributed by atoms with Crippen molar-refractivity contribution in [1.29, 1.82) is 0 Å². The van der Waals surface area contributed by atoms with E-state index in [9.17, 15) is 9.59 Å². The Hall–Kier alpha value is -1.96. The zero-order valence-electron chi connectivity index (χ0n) is 22.4. The van der Waals surface area contributed by atoms with Crippen molar-refractivity contribution in [3.8, 4) is 0 Å². The minimum atomic E-state index is -0.381. The number of ketones is 1. The standard InChI is InChI=1S/C30H40Cl2N4O2/c1-33-29(38)30(36-15-6-3-7-16-36)13-18-35(19-14-30)17-12-25(24-10-11-26(31)27(32)20-24)21-34-22-28(37)23-8-4-2-5-9-23/h2,4-5,8-11,20,25,34H,3,6-7,12-19,21-22H2,1H3,(H,33,38). The topological polar surface area (TPSA) is 64.7 Å². The summed E-state index contributed by atoms with van der Waals surface area (Å²) >= 11 is 12.5. The van der Waals surface area contributed by atoms with E-state index in [0.717, 1.165) is 57.5 Å². The van der Waals surface area contributed by atoms with Gasteiger partial charge in [-0.05, 0) is 75.4 Å². The second-order valence-corrected chi connectivity index (χ2v) is 11.4. The number of Topliss-reactive ketones (excluding diaryl/α,β-unsaturated/α-hetero) is 1. The fourth-order valence-corrected chi connectivity index (χ4v) is 6.27. The maximum Gasteiger partial charge on any atom is 0.240 e. The number of nitrogens with one attached hydrogen (secondary N) is 2. The summed E-state index contributed by atoms with van der Waals surface area (Å²) in [7, 11) is 1.76. The van der Waals surface area contributed by atoms with Gasteiger partial charge in [-0.2, -0.15) is 0 Å². The number of nitrogens with zero attached hydrogens (tertiary/aromatic N) is 2. The van der Waals surface area contributed by atoms with Gasteiger partial charge in [0.1, 0.15) is 5.54 Å². The molecule has 1 unspecified atom stereocenters. The molecule has 1 atom stereocenters. The third-order valence-corrected chi connectivity index (χ3v) is 9.01. The molecule has 2 aliphatic heterocycles. The Labute approximate surface area is 237 Å². The SMILES string of the molecule is CNC(=O)C1(N2CCCCC2)CCN(CCC(CNCC(=O)c2ccccc2)c2ccc(Cl)c(Cl)c2)CC1. The summed E-state index contributed by atoms with van der Waals surface area (Å²) in [5, 5.41) is 7.42. The molecule has 0 radical (unpaired) electrons. The zero-order valence-corrected chi connectivity index (χ0v) is 23.9. The van der Waals surface area contributed by atoms with Crippen LogP contribution in [0.1, 0.15) is 60.4 Å². The Morgan fingerprint density at radius 1 is 0.947 bits per heavy atom. The maximum absolute atomic E-state index is 13.1. The first-order valence-corrected chi connectivity index (χ1v) is 14.6. The molecule has 2 aliphatic rings. The Morgan fingerprint density at radius 2 is 1.66 bits per heavy atom. The molecule has 6 nitrogen and oxygen atoms in total. The van der Waals surface area contributed by atoms with E-state index in [4.69, 9.17) is 23.2 Å². The number of hydrogen-bond acceptors (Lipinski definition) is 5. The van der Waals surface area contributed by atoms with Crippen molar-refractivity contribution in [2.45, 2.75) is 50.0 Å². The largest absolute Gasteiger partial charge is 0.358 e. The number of carbonyl (C=O) groups excluding carboxylic acids is 2. The minimum Gasteiger partial charge on any atom is -0.358 e. The minimum absolute atomic E-state index is 0.0813. The third-order valence-electron chi connectivity index (χ3n) is 8.28. The number of piperidine rings is 2. The molecule has 38 heavy (non-hydrogen) atoms. The molecule has 8 heteroatoms. The molecule has 2 N–H and O–H groups in total. The van der Waals surface area contributed by atoms with Crippen LogP contribution in [0.4, 0.5) is 0 Å². The molecule has 0 bridgehead atoms. The van der Waals surface area contributed by atoms with Crippen LogP contribution in [0.2, 0.25) is 10.0 Å². The van der Waals surface area contributed by atoms with Gasteiger partial charge in [-0.25, -0.2) is 0 Å². The highest BCUT2D eigenvalue weighted by Gasteiger charge is 2.45. The van der Waals surface area contributed by atoms with E-state index in [0.29, 0.717) is 22.2 Å². The monoisotopic (exact) mass is 558 g/mol. The summed E-state index contributed by atoms with van der Waals surface area (Å²) in [5.74, 6) is 0.429. The second kappa shape index (κ2) is 13.9. The molecule has 0 spiro atoms. The van der Waals surface area contributed by atoms with Gasteiger partial charge >= 0.3 is 0 Å². The summed E-state index contributed by atoms with van der Waals surface area (Å²) in [5.41, 5.74) is 1.45. The number of hydrogen-bond donors (Lipinski definition) is 2. The molecular weight excluding hydrogens is 519 g/mol. The van der Waals surface area contributed by atoms with Gasteiger partial charge in [-0.3, -0.25) is 14.5 Å². The van der Waals surface area contributed by atoms with Gasteiger partial charge in [0.05, 0.1) is 16.6 Å². The highest BCUT2D eigenvalue weighted by atomic mass is 35.5. The van der Waals surface area contributed by atoms with Crippen LogP contribution in [-0.4, -0.2) is 79.9 Å². The average Bonchev–Trinajstić information content (AvgIpc) is 2.97. The van der Waals surface area contributed by atoms with Gasteiger partial charge in [-0.15, -0.1) is 0 Å². The Bertz CT molecular complexity index is 1070. The van der Waals surface area contributed by atoms with Crippen LogP contribution in [0.3, 0.4) is 0 Å². The lowest BCUT2D eigenvalue weighted by molar-refractivity contribution is -0.137. The summed E-state index contributed by atoms with van der Waals surface area (Å²) in [4.78, 5) is 30.6. The molecule has 2 heterocycles. The first-order valence-electron chi connectivity index (χ1n) is 13.9. The van der Waals surface area contributed by atoms with E-state index in [1.807, 2.05) is 48.5 Å². The molecule has 0 aliphatic carbocycles. The van der Waals surface area contributed by atoms with Crippen molar-refractivity contribution in [1.82, 2.24) is 20.4 Å². The fourth-order valence-electron chi connectivity index (χ4n) is 5.97. The first-order chi connectivity index (χ1) is 18.4. The lowest BCUT2D eigenvalue weighted by atomic mass is 9.83. The van der Waals surface area contributed by atoms with Crippen LogP contribution in [0, 0.1) is 0 Å². The molecule has 2 fully saturated rings. The summed E-state index contributed by atoms with van der Waals surface area (Å²) in [6, 6.07) is 15.2. The van der Waals surface area contributed by atoms with E-state index in [2.05, 4.69) is 20.4 Å². The van der Waals surface area contributed by atoms with Crippen molar-refractivity contribution >= 4 is 34.9 Å². The molecule has 206 valence electrons. The van der Waals surface area contributed by atoms with Crippen LogP contribution in [0.15, 0.2) is 48.5 Å². The van der Waals surface area contributed by atoms with Crippen LogP contribution in [0.25, 0.3) is 0 Å². The van der Waals surface area contributed by atoms with Crippen LogP contribution in [0.5, 0.6) is 0 Å². The predicted molar refractivity (Wildman–Crippen MR) is 155 cm³/mol. The first kappa shape index (κ1) is 29.0. The van der Waals surface area contributed by atoms with Crippen molar-refractivity contribution in [3.05, 3.63) is 69.7 Å². The molecular formula is C30H40Cl2N4O2. The molecule has 2 aromatic carbocycles. The van der Waals surface area contributed by atoms with E-state index in [1.54, 1.807) is 7.05 Å².